The molecule has 7 rings (SSSR count). The lowest BCUT2D eigenvalue weighted by Crippen LogP contribution is -2.65. The maximum absolute atomic E-state index is 14.2. The van der Waals surface area contributed by atoms with Gasteiger partial charge in [0, 0.05) is 0 Å². The van der Waals surface area contributed by atoms with Crippen LogP contribution in [0.3, 0.4) is 0 Å². The molecule has 0 spiro atoms. The Morgan fingerprint density at radius 1 is 0.432 bits per heavy atom. The molecule has 3 saturated heterocycles. The quantitative estimate of drug-likeness (QED) is 0.0252. The van der Waals surface area contributed by atoms with Gasteiger partial charge in [0.2, 0.25) is 0 Å². The van der Waals surface area contributed by atoms with Gasteiger partial charge in [-0.1, -0.05) is 241 Å². The lowest BCUT2D eigenvalue weighted by molar-refractivity contribution is -0.352. The van der Waals surface area contributed by atoms with E-state index in [4.69, 9.17) is 47.4 Å². The van der Waals surface area contributed by atoms with Crippen LogP contribution in [0.25, 0.3) is 0 Å². The topological polar surface area (TPSA) is 181 Å². The van der Waals surface area contributed by atoms with Gasteiger partial charge in [-0.25, -0.2) is 19.2 Å². The summed E-state index contributed by atoms with van der Waals surface area (Å²) in [5, 5.41) is 13.0. The van der Waals surface area contributed by atoms with Crippen molar-refractivity contribution in [1.82, 2.24) is 0 Å². The van der Waals surface area contributed by atoms with E-state index in [9.17, 15) is 24.3 Å². The number of hydrogen-bond donors (Lipinski definition) is 1. The summed E-state index contributed by atoms with van der Waals surface area (Å²) in [4.78, 5) is 55.6. The van der Waals surface area contributed by atoms with Gasteiger partial charge < -0.3 is 52.5 Å². The summed E-state index contributed by atoms with van der Waals surface area (Å²) in [6.45, 7) is 7.36. The van der Waals surface area contributed by atoms with Crippen molar-refractivity contribution in [3.63, 3.8) is 0 Å². The molecular weight excluding hydrogens is 1120 g/mol. The maximum atomic E-state index is 14.2. The van der Waals surface area contributed by atoms with Crippen LogP contribution in [-0.2, 0) is 47.4 Å². The van der Waals surface area contributed by atoms with E-state index in [0.29, 0.717) is 5.56 Å². The minimum absolute atomic E-state index is 0.134. The third-order valence-electron chi connectivity index (χ3n) is 17.0. The monoisotopic (exact) mass is 1220 g/mol. The zero-order chi connectivity index (χ0) is 62.2. The molecule has 3 aliphatic rings. The molecule has 3 heterocycles. The zero-order valence-electron chi connectivity index (χ0n) is 53.1. The SMILES string of the molecule is CCCCCCCCCCCCCCC(CCCCCCCCCCCCCC)CO[C@@H]1O[C@H](COC(=O)c2ccccc2)[C@@H](O[C@@H]2O[C@H](COC(=O)c3ccccc3)[C@@H]3OC(C)(C)O[C@@H]3[C@H]2OC(=O)c2ccccc2)[C@H](O)[C@H]1OC(=O)c1ccccc1. The summed E-state index contributed by atoms with van der Waals surface area (Å²) in [5.41, 5.74) is 1.04. The Hall–Kier alpha value is -5.52. The Balaban J connectivity index is 1.13. The van der Waals surface area contributed by atoms with Crippen molar-refractivity contribution in [2.45, 2.75) is 262 Å². The fraction of sp³-hybridized carbons (Fsp3) is 0.616. The molecule has 0 aromatic heterocycles. The predicted octanol–water partition coefficient (Wildman–Crippen LogP) is 15.7. The van der Waals surface area contributed by atoms with Crippen LogP contribution in [0.4, 0.5) is 0 Å². The second kappa shape index (κ2) is 38.9. The molecule has 10 atom stereocenters. The average Bonchev–Trinajstić information content (AvgIpc) is 1.61. The van der Waals surface area contributed by atoms with E-state index in [-0.39, 0.29) is 35.8 Å². The van der Waals surface area contributed by atoms with E-state index < -0.39 is 97.7 Å². The van der Waals surface area contributed by atoms with Gasteiger partial charge in [-0.2, -0.15) is 0 Å². The van der Waals surface area contributed by atoms with Gasteiger partial charge in [0.15, 0.2) is 30.6 Å². The fourth-order valence-corrected chi connectivity index (χ4v) is 12.1. The van der Waals surface area contributed by atoms with Crippen LogP contribution in [0.5, 0.6) is 0 Å². The van der Waals surface area contributed by atoms with Crippen LogP contribution in [0.15, 0.2) is 121 Å². The van der Waals surface area contributed by atoms with Crippen molar-refractivity contribution in [1.29, 1.82) is 0 Å². The normalized spacial score (nSPS) is 23.1. The summed E-state index contributed by atoms with van der Waals surface area (Å²) in [5.74, 6) is -3.87. The molecule has 4 aromatic carbocycles. The summed E-state index contributed by atoms with van der Waals surface area (Å²) in [6, 6.07) is 33.8. The molecule has 15 nitrogen and oxygen atoms in total. The molecule has 0 aliphatic carbocycles. The summed E-state index contributed by atoms with van der Waals surface area (Å²) < 4.78 is 64.6. The Morgan fingerprint density at radius 2 is 0.784 bits per heavy atom. The molecule has 0 bridgehead atoms. The Bertz CT molecular complexity index is 2540. The molecule has 0 saturated carbocycles. The lowest BCUT2D eigenvalue weighted by atomic mass is 9.94. The first-order chi connectivity index (χ1) is 42.9. The number of rotatable bonds is 41. The molecule has 88 heavy (non-hydrogen) atoms. The van der Waals surface area contributed by atoms with Gasteiger partial charge in [-0.3, -0.25) is 0 Å². The second-order valence-corrected chi connectivity index (χ2v) is 24.7. The summed E-state index contributed by atoms with van der Waals surface area (Å²) >= 11 is 0. The van der Waals surface area contributed by atoms with E-state index in [1.165, 1.54) is 128 Å². The Labute approximate surface area is 524 Å². The van der Waals surface area contributed by atoms with Gasteiger partial charge in [-0.05, 0) is 81.1 Å². The number of fused-ring (bicyclic) bond motifs is 1. The molecule has 484 valence electrons. The first-order valence-electron chi connectivity index (χ1n) is 33.5. The van der Waals surface area contributed by atoms with Crippen LogP contribution in [0.2, 0.25) is 0 Å². The number of esters is 4. The molecule has 3 fully saturated rings. The van der Waals surface area contributed by atoms with E-state index in [1.54, 1.807) is 135 Å². The Morgan fingerprint density at radius 3 is 1.20 bits per heavy atom. The van der Waals surface area contributed by atoms with Crippen LogP contribution >= 0.6 is 0 Å². The molecular formula is C73H102O15. The van der Waals surface area contributed by atoms with Crippen LogP contribution in [0.1, 0.15) is 236 Å². The van der Waals surface area contributed by atoms with Gasteiger partial charge in [0.25, 0.3) is 0 Å². The molecule has 3 aliphatic heterocycles. The average molecular weight is 1220 g/mol. The molecule has 15 heteroatoms. The highest BCUT2D eigenvalue weighted by Gasteiger charge is 2.60. The highest BCUT2D eigenvalue weighted by atomic mass is 16.8. The number of carbonyl (C=O) groups excluding carboxylic acids is 4. The molecule has 4 aromatic rings. The third kappa shape index (κ3) is 23.4. The second-order valence-electron chi connectivity index (χ2n) is 24.7. The van der Waals surface area contributed by atoms with Crippen LogP contribution < -0.4 is 0 Å². The first kappa shape index (κ1) is 69.9. The lowest BCUT2D eigenvalue weighted by Gasteiger charge is -2.47. The van der Waals surface area contributed by atoms with Gasteiger partial charge in [0.05, 0.1) is 28.9 Å². The number of unbranched alkanes of at least 4 members (excludes halogenated alkanes) is 22. The summed E-state index contributed by atoms with van der Waals surface area (Å²) in [6.07, 6.45) is 18.3. The van der Waals surface area contributed by atoms with Gasteiger partial charge in [0.1, 0.15) is 49.8 Å². The van der Waals surface area contributed by atoms with E-state index in [2.05, 4.69) is 13.8 Å². The van der Waals surface area contributed by atoms with Crippen molar-refractivity contribution in [3.8, 4) is 0 Å². The Kier molecular flexibility index (Phi) is 30.9. The van der Waals surface area contributed by atoms with E-state index in [0.717, 1.165) is 38.5 Å². The maximum Gasteiger partial charge on any atom is 0.338 e. The van der Waals surface area contributed by atoms with Crippen molar-refractivity contribution in [3.05, 3.63) is 144 Å². The number of benzene rings is 4. The molecule has 0 unspecified atom stereocenters. The number of hydrogen-bond acceptors (Lipinski definition) is 15. The third-order valence-corrected chi connectivity index (χ3v) is 17.0. The largest absolute Gasteiger partial charge is 0.459 e. The van der Waals surface area contributed by atoms with E-state index in [1.807, 2.05) is 0 Å². The van der Waals surface area contributed by atoms with Gasteiger partial charge >= 0.3 is 23.9 Å². The zero-order valence-corrected chi connectivity index (χ0v) is 53.1. The smallest absolute Gasteiger partial charge is 0.338 e. The fourth-order valence-electron chi connectivity index (χ4n) is 12.1. The molecule has 0 radical (unpaired) electrons. The van der Waals surface area contributed by atoms with Crippen LogP contribution in [0, 0.1) is 5.92 Å². The first-order valence-corrected chi connectivity index (χ1v) is 33.5. The number of aliphatic hydroxyl groups excluding tert-OH is 1. The highest BCUT2D eigenvalue weighted by Crippen LogP contribution is 2.41. The van der Waals surface area contributed by atoms with Crippen LogP contribution in [-0.4, -0.2) is 116 Å². The minimum atomic E-state index is -1.74. The molecule has 0 amide bonds. The van der Waals surface area contributed by atoms with Crippen molar-refractivity contribution >= 4 is 23.9 Å². The highest BCUT2D eigenvalue weighted by molar-refractivity contribution is 5.91. The van der Waals surface area contributed by atoms with Crippen molar-refractivity contribution in [2.75, 3.05) is 19.8 Å². The number of aliphatic hydroxyl groups is 1. The predicted molar refractivity (Wildman–Crippen MR) is 338 cm³/mol. The molecule has 1 N–H and O–H groups in total. The van der Waals surface area contributed by atoms with Gasteiger partial charge in [-0.15, -0.1) is 0 Å². The standard InChI is InChI=1S/C73H102O15/c1-5-7-9-11-13-15-17-19-21-23-25-31-41-54(42-32-26-24-22-20-18-16-14-12-10-8-6-2)51-81-71-64(84-69(77)57-47-37-29-38-48-57)61(74)62(59(82-71)52-79-67(75)55-43-33-27-34-44-55)86-72-66(85-70(78)58-49-39-30-40-50-58)65-63(87-73(3,4)88-65)60(83-72)53-80-68(76)56-45-35-28-36-46-56/h27-30,33-40,43-50,54,59-66,71-72,74H,5-26,31-32,41-42,51-53H2,1-4H3/t59-,60-,61+,62-,63+,64-,65+,66-,71-,72+/m1/s1. The number of ether oxygens (including phenoxy) is 10. The summed E-state index contributed by atoms with van der Waals surface area (Å²) in [7, 11) is 0. The van der Waals surface area contributed by atoms with Crippen molar-refractivity contribution in [2.24, 2.45) is 5.92 Å². The van der Waals surface area contributed by atoms with Crippen molar-refractivity contribution < 1.29 is 71.7 Å². The van der Waals surface area contributed by atoms with E-state index >= 15 is 0 Å². The minimum Gasteiger partial charge on any atom is -0.459 e. The number of carbonyl (C=O) groups is 4.